The number of nitrogens with one attached hydrogen (secondary N) is 1. The van der Waals surface area contributed by atoms with Gasteiger partial charge in [0.15, 0.2) is 0 Å². The number of primary sulfonamides is 1. The molecule has 0 aliphatic carbocycles. The second-order valence-electron chi connectivity index (χ2n) is 5.14. The highest BCUT2D eigenvalue weighted by Crippen LogP contribution is 2.21. The number of sulfonamides is 1. The van der Waals surface area contributed by atoms with Crippen molar-refractivity contribution in [1.29, 1.82) is 0 Å². The number of methoxy groups -OCH3 is 1. The van der Waals surface area contributed by atoms with Crippen LogP contribution in [0.1, 0.15) is 11.1 Å². The lowest BCUT2D eigenvalue weighted by Gasteiger charge is -2.06. The molecule has 2 aromatic rings. The highest BCUT2D eigenvalue weighted by molar-refractivity contribution is 7.89. The molecule has 0 bridgehead atoms. The fourth-order valence-corrected chi connectivity index (χ4v) is 2.58. The molecule has 0 saturated heterocycles. The van der Waals surface area contributed by atoms with E-state index in [0.29, 0.717) is 11.4 Å². The van der Waals surface area contributed by atoms with Gasteiger partial charge in [0, 0.05) is 17.3 Å². The standard InChI is InChI=1S/C17H18N2O4S/c1-12-3-9-16(23-2)13(11-12)4-10-17(20)19-14-5-7-15(8-6-14)24(18,21)22/h3-11H,1-2H3,(H,19,20)(H2,18,21,22)/b10-4+. The fraction of sp³-hybridized carbons (Fsp3) is 0.118. The van der Waals surface area contributed by atoms with Crippen LogP contribution in [0.5, 0.6) is 5.75 Å². The smallest absolute Gasteiger partial charge is 0.248 e. The molecule has 7 heteroatoms. The first-order valence-electron chi connectivity index (χ1n) is 7.06. The van der Waals surface area contributed by atoms with E-state index >= 15 is 0 Å². The molecule has 2 aromatic carbocycles. The summed E-state index contributed by atoms with van der Waals surface area (Å²) in [6.45, 7) is 1.95. The molecule has 0 fully saturated rings. The van der Waals surface area contributed by atoms with Crippen molar-refractivity contribution in [2.24, 2.45) is 5.14 Å². The van der Waals surface area contributed by atoms with Gasteiger partial charge in [-0.25, -0.2) is 13.6 Å². The van der Waals surface area contributed by atoms with Gasteiger partial charge in [-0.15, -0.1) is 0 Å². The number of aryl methyl sites for hydroxylation is 1. The Hall–Kier alpha value is -2.64. The number of hydrogen-bond acceptors (Lipinski definition) is 4. The number of rotatable bonds is 5. The second kappa shape index (κ2) is 7.29. The predicted molar refractivity (Wildman–Crippen MR) is 93.2 cm³/mol. The van der Waals surface area contributed by atoms with E-state index < -0.39 is 10.0 Å². The Balaban J connectivity index is 2.09. The maximum absolute atomic E-state index is 12.0. The third kappa shape index (κ3) is 4.68. The van der Waals surface area contributed by atoms with Crippen LogP contribution >= 0.6 is 0 Å². The zero-order chi connectivity index (χ0) is 17.7. The summed E-state index contributed by atoms with van der Waals surface area (Å²) >= 11 is 0. The zero-order valence-corrected chi connectivity index (χ0v) is 14.1. The lowest BCUT2D eigenvalue weighted by Crippen LogP contribution is -2.12. The van der Waals surface area contributed by atoms with Crippen molar-refractivity contribution < 1.29 is 17.9 Å². The molecule has 0 radical (unpaired) electrons. The van der Waals surface area contributed by atoms with Gasteiger partial charge in [-0.2, -0.15) is 0 Å². The highest BCUT2D eigenvalue weighted by atomic mass is 32.2. The van der Waals surface area contributed by atoms with E-state index in [1.54, 1.807) is 13.2 Å². The van der Waals surface area contributed by atoms with Crippen molar-refractivity contribution in [2.75, 3.05) is 12.4 Å². The number of carbonyl (C=O) groups excluding carboxylic acids is 1. The van der Waals surface area contributed by atoms with Crippen molar-refractivity contribution in [3.63, 3.8) is 0 Å². The molecular weight excluding hydrogens is 328 g/mol. The van der Waals surface area contributed by atoms with Crippen LogP contribution in [0, 0.1) is 6.92 Å². The number of ether oxygens (including phenoxy) is 1. The Bertz CT molecular complexity index is 872. The van der Waals surface area contributed by atoms with E-state index in [0.717, 1.165) is 11.1 Å². The van der Waals surface area contributed by atoms with Gasteiger partial charge < -0.3 is 10.1 Å². The second-order valence-corrected chi connectivity index (χ2v) is 6.70. The van der Waals surface area contributed by atoms with E-state index in [9.17, 15) is 13.2 Å². The van der Waals surface area contributed by atoms with Crippen LogP contribution < -0.4 is 15.2 Å². The summed E-state index contributed by atoms with van der Waals surface area (Å²) in [6.07, 6.45) is 3.03. The van der Waals surface area contributed by atoms with Crippen LogP contribution in [0.25, 0.3) is 6.08 Å². The average Bonchev–Trinajstić information content (AvgIpc) is 2.53. The van der Waals surface area contributed by atoms with Gasteiger partial charge in [0.1, 0.15) is 5.75 Å². The summed E-state index contributed by atoms with van der Waals surface area (Å²) in [5.41, 5.74) is 2.31. The molecular formula is C17H18N2O4S. The van der Waals surface area contributed by atoms with Crippen LogP contribution in [0.15, 0.2) is 53.4 Å². The fourth-order valence-electron chi connectivity index (χ4n) is 2.06. The highest BCUT2D eigenvalue weighted by Gasteiger charge is 2.07. The normalized spacial score (nSPS) is 11.5. The summed E-state index contributed by atoms with van der Waals surface area (Å²) in [7, 11) is -2.18. The third-order valence-corrected chi connectivity index (χ3v) is 4.18. The predicted octanol–water partition coefficient (Wildman–Crippen LogP) is 2.30. The Kier molecular flexibility index (Phi) is 5.38. The molecule has 1 amide bonds. The molecule has 24 heavy (non-hydrogen) atoms. The number of anilines is 1. The van der Waals surface area contributed by atoms with Crippen LogP contribution in [0.2, 0.25) is 0 Å². The Morgan fingerprint density at radius 1 is 1.17 bits per heavy atom. The van der Waals surface area contributed by atoms with Crippen LogP contribution in [-0.2, 0) is 14.8 Å². The lowest BCUT2D eigenvalue weighted by atomic mass is 10.1. The summed E-state index contributed by atoms with van der Waals surface area (Å²) in [6, 6.07) is 11.3. The van der Waals surface area contributed by atoms with E-state index in [1.165, 1.54) is 30.3 Å². The summed E-state index contributed by atoms with van der Waals surface area (Å²) in [5, 5.41) is 7.66. The molecule has 0 saturated carbocycles. The molecule has 3 N–H and O–H groups in total. The summed E-state index contributed by atoms with van der Waals surface area (Å²) in [4.78, 5) is 12.0. The van der Waals surface area contributed by atoms with Crippen molar-refractivity contribution in [1.82, 2.24) is 0 Å². The molecule has 0 heterocycles. The minimum absolute atomic E-state index is 0.0134. The average molecular weight is 346 g/mol. The van der Waals surface area contributed by atoms with Crippen LogP contribution in [0.3, 0.4) is 0 Å². The van der Waals surface area contributed by atoms with Crippen molar-refractivity contribution in [3.8, 4) is 5.75 Å². The first kappa shape index (κ1) is 17.7. The molecule has 2 rings (SSSR count). The van der Waals surface area contributed by atoms with Crippen molar-refractivity contribution in [2.45, 2.75) is 11.8 Å². The maximum Gasteiger partial charge on any atom is 0.248 e. The number of benzene rings is 2. The SMILES string of the molecule is COc1ccc(C)cc1/C=C/C(=O)Nc1ccc(S(N)(=O)=O)cc1. The van der Waals surface area contributed by atoms with Gasteiger partial charge in [0.25, 0.3) is 0 Å². The largest absolute Gasteiger partial charge is 0.496 e. The molecule has 0 spiro atoms. The molecule has 0 aliphatic heterocycles. The lowest BCUT2D eigenvalue weighted by molar-refractivity contribution is -0.111. The minimum Gasteiger partial charge on any atom is -0.496 e. The van der Waals surface area contributed by atoms with Gasteiger partial charge in [0.2, 0.25) is 15.9 Å². The third-order valence-electron chi connectivity index (χ3n) is 3.25. The first-order valence-corrected chi connectivity index (χ1v) is 8.61. The molecule has 0 atom stereocenters. The Labute approximate surface area is 141 Å². The Morgan fingerprint density at radius 3 is 2.42 bits per heavy atom. The van der Waals surface area contributed by atoms with Gasteiger partial charge in [0.05, 0.1) is 12.0 Å². The number of hydrogen-bond donors (Lipinski definition) is 2. The molecule has 0 aromatic heterocycles. The number of carbonyl (C=O) groups is 1. The summed E-state index contributed by atoms with van der Waals surface area (Å²) < 4.78 is 27.6. The Morgan fingerprint density at radius 2 is 1.83 bits per heavy atom. The molecule has 6 nitrogen and oxygen atoms in total. The topological polar surface area (TPSA) is 98.5 Å². The van der Waals surface area contributed by atoms with E-state index in [-0.39, 0.29) is 10.8 Å². The van der Waals surface area contributed by atoms with Crippen molar-refractivity contribution in [3.05, 3.63) is 59.7 Å². The summed E-state index contributed by atoms with van der Waals surface area (Å²) in [5.74, 6) is 0.323. The molecule has 0 unspecified atom stereocenters. The van der Waals surface area contributed by atoms with E-state index in [4.69, 9.17) is 9.88 Å². The van der Waals surface area contributed by atoms with Crippen LogP contribution in [-0.4, -0.2) is 21.4 Å². The van der Waals surface area contributed by atoms with Gasteiger partial charge in [-0.3, -0.25) is 4.79 Å². The van der Waals surface area contributed by atoms with Crippen molar-refractivity contribution >= 4 is 27.7 Å². The first-order chi connectivity index (χ1) is 11.3. The van der Waals surface area contributed by atoms with Gasteiger partial charge in [-0.1, -0.05) is 11.6 Å². The maximum atomic E-state index is 12.0. The van der Waals surface area contributed by atoms with E-state index in [2.05, 4.69) is 5.32 Å². The molecule has 126 valence electrons. The van der Waals surface area contributed by atoms with Gasteiger partial charge in [-0.05, 0) is 49.4 Å². The number of amides is 1. The zero-order valence-electron chi connectivity index (χ0n) is 13.3. The molecule has 0 aliphatic rings. The quantitative estimate of drug-likeness (QED) is 0.812. The number of nitrogens with two attached hydrogens (primary N) is 1. The van der Waals surface area contributed by atoms with Crippen LogP contribution in [0.4, 0.5) is 5.69 Å². The van der Waals surface area contributed by atoms with Gasteiger partial charge >= 0.3 is 0 Å². The van der Waals surface area contributed by atoms with E-state index in [1.807, 2.05) is 25.1 Å². The monoisotopic (exact) mass is 346 g/mol. The minimum atomic E-state index is -3.75.